The molecule has 0 fully saturated rings. The molecule has 0 aliphatic heterocycles. The Morgan fingerprint density at radius 3 is 2.30 bits per heavy atom. The molecule has 2 nitrogen and oxygen atoms in total. The minimum Gasteiger partial charge on any atom is -0.496 e. The van der Waals surface area contributed by atoms with Gasteiger partial charge >= 0.3 is 0 Å². The topological polar surface area (TPSA) is 26.3 Å². The first-order valence-electron chi connectivity index (χ1n) is 5.47. The summed E-state index contributed by atoms with van der Waals surface area (Å²) < 4.78 is 44.5. The Morgan fingerprint density at radius 1 is 1.00 bits per heavy atom. The molecule has 0 bridgehead atoms. The van der Waals surface area contributed by atoms with Gasteiger partial charge in [-0.15, -0.1) is 0 Å². The summed E-state index contributed by atoms with van der Waals surface area (Å²) >= 11 is 5.75. The van der Waals surface area contributed by atoms with Gasteiger partial charge in [-0.2, -0.15) is 0 Å². The Bertz CT molecular complexity index is 686. The van der Waals surface area contributed by atoms with Crippen LogP contribution in [-0.4, -0.2) is 12.9 Å². The molecule has 2 aromatic carbocycles. The summed E-state index contributed by atoms with van der Waals surface area (Å²) in [6.07, 6.45) is 0. The molecule has 104 valence electrons. The zero-order chi connectivity index (χ0) is 14.9. The summed E-state index contributed by atoms with van der Waals surface area (Å²) in [4.78, 5) is 12.2. The number of carbonyl (C=O) groups is 1. The van der Waals surface area contributed by atoms with Crippen LogP contribution in [0.1, 0.15) is 15.9 Å². The van der Waals surface area contributed by atoms with Crippen LogP contribution in [0.4, 0.5) is 13.2 Å². The van der Waals surface area contributed by atoms with Crippen LogP contribution in [0, 0.1) is 17.5 Å². The first kappa shape index (κ1) is 14.4. The smallest absolute Gasteiger partial charge is 0.199 e. The lowest BCUT2D eigenvalue weighted by molar-refractivity contribution is 0.103. The van der Waals surface area contributed by atoms with Gasteiger partial charge in [-0.25, -0.2) is 13.2 Å². The van der Waals surface area contributed by atoms with Gasteiger partial charge in [-0.1, -0.05) is 11.6 Å². The van der Waals surface area contributed by atoms with Crippen LogP contribution in [-0.2, 0) is 0 Å². The summed E-state index contributed by atoms with van der Waals surface area (Å²) in [7, 11) is 1.31. The molecule has 0 N–H and O–H groups in total. The molecule has 0 heterocycles. The summed E-state index contributed by atoms with van der Waals surface area (Å²) in [5.74, 6) is -4.52. The van der Waals surface area contributed by atoms with E-state index in [1.807, 2.05) is 0 Å². The van der Waals surface area contributed by atoms with Crippen molar-refractivity contribution in [3.63, 3.8) is 0 Å². The third-order valence-electron chi connectivity index (χ3n) is 2.66. The lowest BCUT2D eigenvalue weighted by Crippen LogP contribution is -2.08. The number of ether oxygens (including phenoxy) is 1. The summed E-state index contributed by atoms with van der Waals surface area (Å²) in [5.41, 5.74) is -0.577. The summed E-state index contributed by atoms with van der Waals surface area (Å²) in [5, 5.41) is 0.323. The Hall–Kier alpha value is -2.01. The number of benzene rings is 2. The molecule has 0 saturated heterocycles. The predicted molar refractivity (Wildman–Crippen MR) is 67.8 cm³/mol. The standard InChI is InChI=1S/C14H8ClF3O2/c1-20-13-4-7(15)2-3-8(13)14(19)9-5-11(17)12(18)6-10(9)16/h2-6H,1H3. The van der Waals surface area contributed by atoms with Gasteiger partial charge in [0.2, 0.25) is 0 Å². The number of rotatable bonds is 3. The Balaban J connectivity index is 2.54. The normalized spacial score (nSPS) is 10.4. The third kappa shape index (κ3) is 2.63. The maximum absolute atomic E-state index is 13.6. The number of ketones is 1. The Kier molecular flexibility index (Phi) is 3.99. The zero-order valence-corrected chi connectivity index (χ0v) is 11.0. The first-order valence-corrected chi connectivity index (χ1v) is 5.84. The van der Waals surface area contributed by atoms with Crippen molar-refractivity contribution in [2.75, 3.05) is 7.11 Å². The highest BCUT2D eigenvalue weighted by Gasteiger charge is 2.20. The highest BCUT2D eigenvalue weighted by atomic mass is 35.5. The SMILES string of the molecule is COc1cc(Cl)ccc1C(=O)c1cc(F)c(F)cc1F. The van der Waals surface area contributed by atoms with Gasteiger partial charge in [0.25, 0.3) is 0 Å². The van der Waals surface area contributed by atoms with Crippen molar-refractivity contribution in [3.8, 4) is 5.75 Å². The second-order valence-electron chi connectivity index (χ2n) is 3.92. The lowest BCUT2D eigenvalue weighted by Gasteiger charge is -2.09. The van der Waals surface area contributed by atoms with Gasteiger partial charge in [-0.05, 0) is 24.3 Å². The maximum atomic E-state index is 13.6. The van der Waals surface area contributed by atoms with Gasteiger partial charge in [0.05, 0.1) is 18.2 Å². The highest BCUT2D eigenvalue weighted by Crippen LogP contribution is 2.27. The fourth-order valence-electron chi connectivity index (χ4n) is 1.69. The van der Waals surface area contributed by atoms with Gasteiger partial charge in [0, 0.05) is 11.1 Å². The number of hydrogen-bond donors (Lipinski definition) is 0. The summed E-state index contributed by atoms with van der Waals surface area (Å²) in [6, 6.07) is 4.94. The lowest BCUT2D eigenvalue weighted by atomic mass is 10.0. The third-order valence-corrected chi connectivity index (χ3v) is 2.90. The molecule has 0 spiro atoms. The van der Waals surface area contributed by atoms with Gasteiger partial charge in [0.15, 0.2) is 17.4 Å². The maximum Gasteiger partial charge on any atom is 0.199 e. The van der Waals surface area contributed by atoms with E-state index in [2.05, 4.69) is 0 Å². The van der Waals surface area contributed by atoms with Crippen LogP contribution in [0.2, 0.25) is 5.02 Å². The average Bonchev–Trinajstić information content (AvgIpc) is 2.42. The highest BCUT2D eigenvalue weighted by molar-refractivity contribution is 6.31. The molecule has 20 heavy (non-hydrogen) atoms. The number of halogens is 4. The van der Waals surface area contributed by atoms with Crippen LogP contribution in [0.5, 0.6) is 5.75 Å². The molecular weight excluding hydrogens is 293 g/mol. The van der Waals surface area contributed by atoms with Gasteiger partial charge in [-0.3, -0.25) is 4.79 Å². The molecule has 0 radical (unpaired) electrons. The average molecular weight is 301 g/mol. The van der Waals surface area contributed by atoms with Crippen LogP contribution >= 0.6 is 11.6 Å². The van der Waals surface area contributed by atoms with Crippen molar-refractivity contribution < 1.29 is 22.7 Å². The van der Waals surface area contributed by atoms with E-state index in [4.69, 9.17) is 16.3 Å². The minimum atomic E-state index is -1.36. The molecular formula is C14H8ClF3O2. The minimum absolute atomic E-state index is 0.00167. The van der Waals surface area contributed by atoms with E-state index in [0.29, 0.717) is 17.2 Å². The van der Waals surface area contributed by atoms with E-state index >= 15 is 0 Å². The molecule has 6 heteroatoms. The van der Waals surface area contributed by atoms with Crippen molar-refractivity contribution >= 4 is 17.4 Å². The fourth-order valence-corrected chi connectivity index (χ4v) is 1.86. The molecule has 0 atom stereocenters. The van der Waals surface area contributed by atoms with E-state index in [1.165, 1.54) is 25.3 Å². The largest absolute Gasteiger partial charge is 0.496 e. The van der Waals surface area contributed by atoms with Crippen LogP contribution in [0.3, 0.4) is 0 Å². The van der Waals surface area contributed by atoms with Gasteiger partial charge < -0.3 is 4.74 Å². The summed E-state index contributed by atoms with van der Waals surface area (Å²) in [6.45, 7) is 0. The second kappa shape index (κ2) is 5.54. The molecule has 0 aromatic heterocycles. The van der Waals surface area contributed by atoms with Crippen molar-refractivity contribution in [1.82, 2.24) is 0 Å². The number of carbonyl (C=O) groups excluding carboxylic acids is 1. The molecule has 0 saturated carbocycles. The quantitative estimate of drug-likeness (QED) is 0.633. The van der Waals surface area contributed by atoms with Gasteiger partial charge in [0.1, 0.15) is 11.6 Å². The van der Waals surface area contributed by atoms with Crippen LogP contribution < -0.4 is 4.74 Å². The number of methoxy groups -OCH3 is 1. The molecule has 0 aliphatic carbocycles. The van der Waals surface area contributed by atoms with Crippen molar-refractivity contribution in [1.29, 1.82) is 0 Å². The van der Waals surface area contributed by atoms with Crippen molar-refractivity contribution in [2.24, 2.45) is 0 Å². The zero-order valence-electron chi connectivity index (χ0n) is 10.2. The van der Waals surface area contributed by atoms with E-state index in [1.54, 1.807) is 0 Å². The van der Waals surface area contributed by atoms with Crippen molar-refractivity contribution in [2.45, 2.75) is 0 Å². The molecule has 0 aliphatic rings. The Labute approximate surface area is 117 Å². The second-order valence-corrected chi connectivity index (χ2v) is 4.36. The van der Waals surface area contributed by atoms with E-state index in [-0.39, 0.29) is 11.3 Å². The molecule has 2 aromatic rings. The molecule has 0 amide bonds. The van der Waals surface area contributed by atoms with Crippen LogP contribution in [0.15, 0.2) is 30.3 Å². The Morgan fingerprint density at radius 2 is 1.65 bits per heavy atom. The number of hydrogen-bond acceptors (Lipinski definition) is 2. The predicted octanol–water partition coefficient (Wildman–Crippen LogP) is 4.00. The first-order chi connectivity index (χ1) is 9.43. The van der Waals surface area contributed by atoms with E-state index in [9.17, 15) is 18.0 Å². The fraction of sp³-hybridized carbons (Fsp3) is 0.0714. The van der Waals surface area contributed by atoms with E-state index in [0.717, 1.165) is 0 Å². The molecule has 0 unspecified atom stereocenters. The van der Waals surface area contributed by atoms with Crippen LogP contribution in [0.25, 0.3) is 0 Å². The van der Waals surface area contributed by atoms with Crippen molar-refractivity contribution in [3.05, 3.63) is 63.9 Å². The van der Waals surface area contributed by atoms with E-state index < -0.39 is 28.8 Å². The molecule has 2 rings (SSSR count). The monoisotopic (exact) mass is 300 g/mol.